The van der Waals surface area contributed by atoms with Crippen LogP contribution in [0.2, 0.25) is 0 Å². The normalized spacial score (nSPS) is 10.6. The second-order valence-electron chi connectivity index (χ2n) is 4.51. The zero-order valence-corrected chi connectivity index (χ0v) is 13.0. The Hall–Kier alpha value is -2.47. The van der Waals surface area contributed by atoms with Gasteiger partial charge in [-0.05, 0) is 28.8 Å². The van der Waals surface area contributed by atoms with Crippen LogP contribution in [0.1, 0.15) is 21.5 Å². The molecule has 0 saturated carbocycles. The standard InChI is InChI=1S/C16H13BrN2O3/c17-14-7-3-11(4-8-14)9-15(20)19-18-10-12-1-5-13(6-2-12)16(21)22/h1-8,10H,9H2,(H,19,20)(H,21,22)/p-1/b18-10-. The van der Waals surface area contributed by atoms with Gasteiger partial charge in [-0.3, -0.25) is 4.79 Å². The quantitative estimate of drug-likeness (QED) is 0.648. The monoisotopic (exact) mass is 359 g/mol. The minimum absolute atomic E-state index is 0.0939. The lowest BCUT2D eigenvalue weighted by Gasteiger charge is -2.02. The van der Waals surface area contributed by atoms with Gasteiger partial charge in [0.25, 0.3) is 0 Å². The fraction of sp³-hybridized carbons (Fsp3) is 0.0625. The van der Waals surface area contributed by atoms with Gasteiger partial charge in [0.1, 0.15) is 0 Å². The number of hydrogen-bond acceptors (Lipinski definition) is 4. The molecule has 6 heteroatoms. The molecule has 0 saturated heterocycles. The Kier molecular flexibility index (Phi) is 5.43. The van der Waals surface area contributed by atoms with Crippen LogP contribution in [0.3, 0.4) is 0 Å². The van der Waals surface area contributed by atoms with Gasteiger partial charge >= 0.3 is 0 Å². The molecule has 0 fully saturated rings. The summed E-state index contributed by atoms with van der Waals surface area (Å²) in [6.07, 6.45) is 1.67. The van der Waals surface area contributed by atoms with Crippen LogP contribution < -0.4 is 10.5 Å². The Bertz CT molecular complexity index is 694. The van der Waals surface area contributed by atoms with Crippen molar-refractivity contribution in [2.24, 2.45) is 5.10 Å². The molecule has 1 amide bonds. The molecule has 1 N–H and O–H groups in total. The predicted molar refractivity (Wildman–Crippen MR) is 84.4 cm³/mol. The molecule has 2 aromatic rings. The maximum Gasteiger partial charge on any atom is 0.244 e. The Morgan fingerprint density at radius 1 is 1.09 bits per heavy atom. The topological polar surface area (TPSA) is 81.6 Å². The molecule has 22 heavy (non-hydrogen) atoms. The van der Waals surface area contributed by atoms with Crippen molar-refractivity contribution in [3.8, 4) is 0 Å². The van der Waals surface area contributed by atoms with E-state index in [1.54, 1.807) is 12.1 Å². The second kappa shape index (κ2) is 7.51. The van der Waals surface area contributed by atoms with E-state index in [1.807, 2.05) is 24.3 Å². The number of carbonyl (C=O) groups is 2. The van der Waals surface area contributed by atoms with Crippen LogP contribution in [0.5, 0.6) is 0 Å². The highest BCUT2D eigenvalue weighted by Crippen LogP contribution is 2.10. The molecule has 2 aromatic carbocycles. The number of hydrazone groups is 1. The number of rotatable bonds is 5. The Morgan fingerprint density at radius 2 is 1.73 bits per heavy atom. The van der Waals surface area contributed by atoms with E-state index in [1.165, 1.54) is 18.3 Å². The van der Waals surface area contributed by atoms with Crippen molar-refractivity contribution in [1.29, 1.82) is 0 Å². The molecular formula is C16H12BrN2O3-. The van der Waals surface area contributed by atoms with Crippen molar-refractivity contribution in [3.05, 3.63) is 69.7 Å². The first-order valence-electron chi connectivity index (χ1n) is 6.42. The van der Waals surface area contributed by atoms with E-state index in [9.17, 15) is 14.7 Å². The summed E-state index contributed by atoms with van der Waals surface area (Å²) >= 11 is 3.33. The van der Waals surface area contributed by atoms with Gasteiger partial charge in [-0.15, -0.1) is 0 Å². The molecule has 0 unspecified atom stereocenters. The summed E-state index contributed by atoms with van der Waals surface area (Å²) in [5.41, 5.74) is 4.07. The molecule has 0 atom stereocenters. The van der Waals surface area contributed by atoms with Gasteiger partial charge in [0.05, 0.1) is 18.6 Å². The van der Waals surface area contributed by atoms with Crippen molar-refractivity contribution >= 4 is 34.0 Å². The zero-order chi connectivity index (χ0) is 15.9. The Balaban J connectivity index is 1.87. The number of nitrogens with zero attached hydrogens (tertiary/aromatic N) is 1. The van der Waals surface area contributed by atoms with Crippen molar-refractivity contribution in [2.75, 3.05) is 0 Å². The third kappa shape index (κ3) is 4.82. The fourth-order valence-corrected chi connectivity index (χ4v) is 1.98. The van der Waals surface area contributed by atoms with Crippen molar-refractivity contribution < 1.29 is 14.7 Å². The van der Waals surface area contributed by atoms with Crippen LogP contribution in [0.15, 0.2) is 58.1 Å². The summed E-state index contributed by atoms with van der Waals surface area (Å²) in [6.45, 7) is 0. The summed E-state index contributed by atoms with van der Waals surface area (Å²) in [6, 6.07) is 13.4. The van der Waals surface area contributed by atoms with Gasteiger partial charge < -0.3 is 9.90 Å². The summed E-state index contributed by atoms with van der Waals surface area (Å²) in [4.78, 5) is 22.3. The van der Waals surface area contributed by atoms with Gasteiger partial charge in [0.2, 0.25) is 5.91 Å². The van der Waals surface area contributed by atoms with Gasteiger partial charge in [-0.2, -0.15) is 5.10 Å². The molecule has 0 aliphatic carbocycles. The van der Waals surface area contributed by atoms with Crippen LogP contribution >= 0.6 is 15.9 Å². The third-order valence-electron chi connectivity index (χ3n) is 2.83. The smallest absolute Gasteiger partial charge is 0.244 e. The van der Waals surface area contributed by atoms with E-state index in [-0.39, 0.29) is 17.9 Å². The molecule has 0 spiro atoms. The molecule has 0 bridgehead atoms. The summed E-state index contributed by atoms with van der Waals surface area (Å²) in [7, 11) is 0. The maximum absolute atomic E-state index is 11.7. The molecule has 0 aliphatic rings. The van der Waals surface area contributed by atoms with Crippen LogP contribution in [-0.2, 0) is 11.2 Å². The minimum Gasteiger partial charge on any atom is -0.545 e. The number of benzene rings is 2. The van der Waals surface area contributed by atoms with Gasteiger partial charge in [-0.25, -0.2) is 5.43 Å². The van der Waals surface area contributed by atoms with E-state index in [0.29, 0.717) is 5.56 Å². The molecule has 0 aromatic heterocycles. The van der Waals surface area contributed by atoms with Crippen molar-refractivity contribution in [2.45, 2.75) is 6.42 Å². The first-order valence-corrected chi connectivity index (χ1v) is 7.21. The lowest BCUT2D eigenvalue weighted by Crippen LogP contribution is -2.22. The fourth-order valence-electron chi connectivity index (χ4n) is 1.71. The maximum atomic E-state index is 11.7. The molecule has 2 rings (SSSR count). The van der Waals surface area contributed by atoms with Gasteiger partial charge in [0.15, 0.2) is 0 Å². The van der Waals surface area contributed by atoms with Crippen LogP contribution in [-0.4, -0.2) is 18.1 Å². The van der Waals surface area contributed by atoms with Gasteiger partial charge in [0, 0.05) is 4.47 Å². The first-order chi connectivity index (χ1) is 10.5. The van der Waals surface area contributed by atoms with Crippen molar-refractivity contribution in [3.63, 3.8) is 0 Å². The molecule has 0 radical (unpaired) electrons. The zero-order valence-electron chi connectivity index (χ0n) is 11.5. The Labute approximate surface area is 135 Å². The number of amides is 1. The summed E-state index contributed by atoms with van der Waals surface area (Å²) in [5.74, 6) is -1.46. The first kappa shape index (κ1) is 15.9. The molecule has 0 aliphatic heterocycles. The molecule has 0 heterocycles. The lowest BCUT2D eigenvalue weighted by molar-refractivity contribution is -0.255. The SMILES string of the molecule is O=C(Cc1ccc(Br)cc1)N/N=C\c1ccc(C(=O)[O-])cc1. The lowest BCUT2D eigenvalue weighted by atomic mass is 10.1. The number of nitrogens with one attached hydrogen (secondary N) is 1. The largest absolute Gasteiger partial charge is 0.545 e. The van der Waals surface area contributed by atoms with Gasteiger partial charge in [-0.1, -0.05) is 52.3 Å². The van der Waals surface area contributed by atoms with E-state index >= 15 is 0 Å². The average Bonchev–Trinajstić information content (AvgIpc) is 2.50. The highest BCUT2D eigenvalue weighted by Gasteiger charge is 2.01. The van der Waals surface area contributed by atoms with Crippen molar-refractivity contribution in [1.82, 2.24) is 5.43 Å². The number of carboxylic acid groups (broad SMARTS) is 1. The van der Waals surface area contributed by atoms with Crippen LogP contribution in [0.25, 0.3) is 0 Å². The number of carboxylic acids is 1. The highest BCUT2D eigenvalue weighted by atomic mass is 79.9. The predicted octanol–water partition coefficient (Wildman–Crippen LogP) is 1.51. The molecular weight excluding hydrogens is 348 g/mol. The highest BCUT2D eigenvalue weighted by molar-refractivity contribution is 9.10. The third-order valence-corrected chi connectivity index (χ3v) is 3.36. The number of aromatic carboxylic acids is 1. The number of hydrogen-bond donors (Lipinski definition) is 1. The van der Waals surface area contributed by atoms with E-state index in [0.717, 1.165) is 10.0 Å². The van der Waals surface area contributed by atoms with E-state index in [2.05, 4.69) is 26.5 Å². The average molecular weight is 360 g/mol. The minimum atomic E-state index is -1.23. The van der Waals surface area contributed by atoms with Crippen LogP contribution in [0, 0.1) is 0 Å². The second-order valence-corrected chi connectivity index (χ2v) is 5.42. The molecule has 112 valence electrons. The van der Waals surface area contributed by atoms with Crippen LogP contribution in [0.4, 0.5) is 0 Å². The molecule has 5 nitrogen and oxygen atoms in total. The number of carbonyl (C=O) groups excluding carboxylic acids is 2. The number of halogens is 1. The Morgan fingerprint density at radius 3 is 2.32 bits per heavy atom. The summed E-state index contributed by atoms with van der Waals surface area (Å²) in [5, 5.41) is 14.4. The van der Waals surface area contributed by atoms with E-state index < -0.39 is 5.97 Å². The van der Waals surface area contributed by atoms with E-state index in [4.69, 9.17) is 0 Å². The summed E-state index contributed by atoms with van der Waals surface area (Å²) < 4.78 is 0.953.